The van der Waals surface area contributed by atoms with Crippen LogP contribution in [0.25, 0.3) is 0 Å². The molecule has 2 aromatic rings. The van der Waals surface area contributed by atoms with Gasteiger partial charge in [-0.05, 0) is 31.5 Å². The van der Waals surface area contributed by atoms with Gasteiger partial charge >= 0.3 is 5.97 Å². The molecule has 0 aromatic heterocycles. The van der Waals surface area contributed by atoms with Crippen LogP contribution in [0.1, 0.15) is 24.0 Å². The molecular weight excluding hydrogens is 378 g/mol. The summed E-state index contributed by atoms with van der Waals surface area (Å²) < 4.78 is 4.84. The first-order valence-electron chi connectivity index (χ1n) is 8.82. The maximum absolute atomic E-state index is 11.9. The van der Waals surface area contributed by atoms with Gasteiger partial charge in [0, 0.05) is 29.4 Å². The van der Waals surface area contributed by atoms with E-state index in [0.29, 0.717) is 11.3 Å². The van der Waals surface area contributed by atoms with Crippen LogP contribution in [-0.4, -0.2) is 29.3 Å². The number of benzene rings is 2. The zero-order chi connectivity index (χ0) is 21.4. The van der Waals surface area contributed by atoms with E-state index >= 15 is 0 Å². The van der Waals surface area contributed by atoms with Crippen molar-refractivity contribution in [3.8, 4) is 0 Å². The number of hydrogen-bond acceptors (Lipinski definition) is 6. The second-order valence-corrected chi connectivity index (χ2v) is 6.33. The standard InChI is InChI=1S/C20H21N3O6/c1-13-5-3-4-6-16(13)22-18(24)9-10-20(26)29-12-19(25)21-15-8-7-14(2)17(11-15)23(27)28/h3-8,11H,9-10,12H2,1-2H3,(H,21,25)(H,22,24). The molecule has 0 spiro atoms. The summed E-state index contributed by atoms with van der Waals surface area (Å²) in [5.74, 6) is -1.68. The van der Waals surface area contributed by atoms with E-state index in [0.717, 1.165) is 5.56 Å². The van der Waals surface area contributed by atoms with Crippen LogP contribution < -0.4 is 10.6 Å². The molecule has 0 unspecified atom stereocenters. The molecule has 0 heterocycles. The fourth-order valence-corrected chi connectivity index (χ4v) is 2.44. The summed E-state index contributed by atoms with van der Waals surface area (Å²) in [5.41, 5.74) is 2.12. The Hall–Kier alpha value is -3.75. The van der Waals surface area contributed by atoms with Gasteiger partial charge in [0.2, 0.25) is 5.91 Å². The molecule has 0 aliphatic carbocycles. The highest BCUT2D eigenvalue weighted by Gasteiger charge is 2.14. The summed E-state index contributed by atoms with van der Waals surface area (Å²) >= 11 is 0. The van der Waals surface area contributed by atoms with Gasteiger partial charge in [-0.15, -0.1) is 0 Å². The van der Waals surface area contributed by atoms with Crippen LogP contribution in [0.4, 0.5) is 17.1 Å². The van der Waals surface area contributed by atoms with Gasteiger partial charge in [-0.2, -0.15) is 0 Å². The van der Waals surface area contributed by atoms with Crippen molar-refractivity contribution < 1.29 is 24.0 Å². The van der Waals surface area contributed by atoms with E-state index in [1.54, 1.807) is 19.1 Å². The van der Waals surface area contributed by atoms with E-state index in [-0.39, 0.29) is 30.1 Å². The molecule has 9 heteroatoms. The quantitative estimate of drug-likeness (QED) is 0.399. The summed E-state index contributed by atoms with van der Waals surface area (Å²) in [7, 11) is 0. The number of anilines is 2. The number of carbonyl (C=O) groups is 3. The molecular formula is C20H21N3O6. The molecule has 0 aliphatic heterocycles. The van der Waals surface area contributed by atoms with Crippen LogP contribution in [0.3, 0.4) is 0 Å². The van der Waals surface area contributed by atoms with Crippen molar-refractivity contribution in [1.82, 2.24) is 0 Å². The minimum absolute atomic E-state index is 0.0844. The Labute approximate surface area is 167 Å². The number of nitro groups is 1. The molecule has 0 fully saturated rings. The van der Waals surface area contributed by atoms with E-state index in [1.807, 2.05) is 19.1 Å². The monoisotopic (exact) mass is 399 g/mol. The number of para-hydroxylation sites is 1. The molecule has 0 bridgehead atoms. The van der Waals surface area contributed by atoms with Gasteiger partial charge in [-0.1, -0.05) is 24.3 Å². The smallest absolute Gasteiger partial charge is 0.306 e. The maximum atomic E-state index is 11.9. The molecule has 0 radical (unpaired) electrons. The Kier molecular flexibility index (Phi) is 7.41. The molecule has 0 saturated carbocycles. The van der Waals surface area contributed by atoms with Crippen molar-refractivity contribution in [2.24, 2.45) is 0 Å². The summed E-state index contributed by atoms with van der Waals surface area (Å²) in [4.78, 5) is 45.9. The van der Waals surface area contributed by atoms with Crippen molar-refractivity contribution in [1.29, 1.82) is 0 Å². The van der Waals surface area contributed by atoms with Gasteiger partial charge in [-0.25, -0.2) is 0 Å². The second kappa shape index (κ2) is 9.98. The minimum atomic E-state index is -0.699. The lowest BCUT2D eigenvalue weighted by Gasteiger charge is -2.09. The number of carbonyl (C=O) groups excluding carboxylic acids is 3. The topological polar surface area (TPSA) is 128 Å². The second-order valence-electron chi connectivity index (χ2n) is 6.33. The third-order valence-corrected chi connectivity index (χ3v) is 4.03. The van der Waals surface area contributed by atoms with E-state index in [2.05, 4.69) is 10.6 Å². The van der Waals surface area contributed by atoms with Crippen molar-refractivity contribution >= 4 is 34.8 Å². The molecule has 29 heavy (non-hydrogen) atoms. The Morgan fingerprint density at radius 2 is 1.69 bits per heavy atom. The number of ether oxygens (including phenoxy) is 1. The van der Waals surface area contributed by atoms with Crippen LogP contribution in [0.2, 0.25) is 0 Å². The van der Waals surface area contributed by atoms with E-state index in [9.17, 15) is 24.5 Å². The van der Waals surface area contributed by atoms with Crippen molar-refractivity contribution in [3.05, 3.63) is 63.7 Å². The zero-order valence-corrected chi connectivity index (χ0v) is 16.1. The largest absolute Gasteiger partial charge is 0.456 e. The lowest BCUT2D eigenvalue weighted by molar-refractivity contribution is -0.385. The first kappa shape index (κ1) is 21.5. The Morgan fingerprint density at radius 1 is 0.966 bits per heavy atom. The fourth-order valence-electron chi connectivity index (χ4n) is 2.44. The number of amides is 2. The highest BCUT2D eigenvalue weighted by atomic mass is 16.6. The first-order valence-corrected chi connectivity index (χ1v) is 8.82. The van der Waals surface area contributed by atoms with Crippen molar-refractivity contribution in [2.75, 3.05) is 17.2 Å². The van der Waals surface area contributed by atoms with E-state index in [1.165, 1.54) is 18.2 Å². The number of rotatable bonds is 8. The highest BCUT2D eigenvalue weighted by molar-refractivity contribution is 5.95. The van der Waals surface area contributed by atoms with Gasteiger partial charge in [0.15, 0.2) is 6.61 Å². The average molecular weight is 399 g/mol. The predicted molar refractivity (Wildman–Crippen MR) is 106 cm³/mol. The lowest BCUT2D eigenvalue weighted by Crippen LogP contribution is -2.22. The first-order chi connectivity index (χ1) is 13.8. The normalized spacial score (nSPS) is 10.1. The van der Waals surface area contributed by atoms with Gasteiger partial charge in [0.1, 0.15) is 0 Å². The number of esters is 1. The van der Waals surface area contributed by atoms with Crippen LogP contribution in [-0.2, 0) is 19.1 Å². The number of nitrogens with zero attached hydrogens (tertiary/aromatic N) is 1. The highest BCUT2D eigenvalue weighted by Crippen LogP contribution is 2.22. The van der Waals surface area contributed by atoms with Crippen LogP contribution in [0.5, 0.6) is 0 Å². The van der Waals surface area contributed by atoms with Gasteiger partial charge in [-0.3, -0.25) is 24.5 Å². The maximum Gasteiger partial charge on any atom is 0.306 e. The predicted octanol–water partition coefficient (Wildman–Crippen LogP) is 3.11. The Balaban J connectivity index is 1.75. The third-order valence-electron chi connectivity index (χ3n) is 4.03. The molecule has 0 atom stereocenters. The number of hydrogen-bond donors (Lipinski definition) is 2. The molecule has 2 N–H and O–H groups in total. The van der Waals surface area contributed by atoms with Gasteiger partial charge in [0.05, 0.1) is 11.3 Å². The molecule has 9 nitrogen and oxygen atoms in total. The molecule has 2 rings (SSSR count). The molecule has 0 aliphatic rings. The third kappa shape index (κ3) is 6.73. The summed E-state index contributed by atoms with van der Waals surface area (Å²) in [5, 5.41) is 16.1. The summed E-state index contributed by atoms with van der Waals surface area (Å²) in [6.45, 7) is 2.88. The van der Waals surface area contributed by atoms with Crippen LogP contribution >= 0.6 is 0 Å². The summed E-state index contributed by atoms with van der Waals surface area (Å²) in [6, 6.07) is 11.5. The molecule has 2 aromatic carbocycles. The van der Waals surface area contributed by atoms with Crippen LogP contribution in [0.15, 0.2) is 42.5 Å². The average Bonchev–Trinajstić information content (AvgIpc) is 2.68. The van der Waals surface area contributed by atoms with Crippen molar-refractivity contribution in [3.63, 3.8) is 0 Å². The van der Waals surface area contributed by atoms with Crippen LogP contribution in [0, 0.1) is 24.0 Å². The van der Waals surface area contributed by atoms with E-state index < -0.39 is 23.4 Å². The van der Waals surface area contributed by atoms with Crippen molar-refractivity contribution in [2.45, 2.75) is 26.7 Å². The number of aryl methyl sites for hydroxylation is 2. The fraction of sp³-hybridized carbons (Fsp3) is 0.250. The molecule has 2 amide bonds. The molecule has 0 saturated heterocycles. The number of nitro benzene ring substituents is 1. The summed E-state index contributed by atoms with van der Waals surface area (Å²) in [6.07, 6.45) is -0.264. The minimum Gasteiger partial charge on any atom is -0.456 e. The lowest BCUT2D eigenvalue weighted by atomic mass is 10.2. The Morgan fingerprint density at radius 3 is 2.38 bits per heavy atom. The van der Waals surface area contributed by atoms with Gasteiger partial charge < -0.3 is 15.4 Å². The zero-order valence-electron chi connectivity index (χ0n) is 16.1. The number of nitrogens with one attached hydrogen (secondary N) is 2. The SMILES string of the molecule is Cc1ccccc1NC(=O)CCC(=O)OCC(=O)Nc1ccc(C)c([N+](=O)[O-])c1. The van der Waals surface area contributed by atoms with Gasteiger partial charge in [0.25, 0.3) is 11.6 Å². The Bertz CT molecular complexity index is 942. The molecule has 152 valence electrons. The van der Waals surface area contributed by atoms with E-state index in [4.69, 9.17) is 4.74 Å².